The van der Waals surface area contributed by atoms with Gasteiger partial charge in [-0.25, -0.2) is 0 Å². The van der Waals surface area contributed by atoms with Crippen LogP contribution in [0, 0.1) is 10.1 Å². The Morgan fingerprint density at radius 3 is 2.39 bits per heavy atom. The quantitative estimate of drug-likeness (QED) is 0.450. The van der Waals surface area contributed by atoms with E-state index in [1.807, 2.05) is 6.92 Å². The van der Waals surface area contributed by atoms with Gasteiger partial charge in [0.2, 0.25) is 0 Å². The Bertz CT molecular complexity index is 953. The molecule has 2 aromatic carbocycles. The van der Waals surface area contributed by atoms with Crippen LogP contribution in [-0.2, 0) is 6.54 Å². The van der Waals surface area contributed by atoms with Crippen molar-refractivity contribution in [3.8, 4) is 0 Å². The van der Waals surface area contributed by atoms with Gasteiger partial charge in [-0.3, -0.25) is 29.4 Å². The van der Waals surface area contributed by atoms with Gasteiger partial charge in [0.25, 0.3) is 23.4 Å². The van der Waals surface area contributed by atoms with Crippen molar-refractivity contribution in [3.05, 3.63) is 74.8 Å². The molecule has 0 unspecified atom stereocenters. The van der Waals surface area contributed by atoms with Crippen molar-refractivity contribution in [1.82, 2.24) is 10.2 Å². The van der Waals surface area contributed by atoms with Crippen LogP contribution >= 0.6 is 0 Å². The van der Waals surface area contributed by atoms with Crippen LogP contribution in [0.4, 0.5) is 5.69 Å². The molecular formula is C20H19N3O5. The number of nitro benzene ring substituents is 1. The van der Waals surface area contributed by atoms with Crippen molar-refractivity contribution in [2.24, 2.45) is 0 Å². The van der Waals surface area contributed by atoms with Crippen LogP contribution in [0.15, 0.2) is 42.5 Å². The van der Waals surface area contributed by atoms with Crippen molar-refractivity contribution in [3.63, 3.8) is 0 Å². The largest absolute Gasteiger partial charge is 0.348 e. The summed E-state index contributed by atoms with van der Waals surface area (Å²) in [6.07, 6.45) is 1.59. The summed E-state index contributed by atoms with van der Waals surface area (Å²) in [7, 11) is 0. The topological polar surface area (TPSA) is 110 Å². The molecule has 0 radical (unpaired) electrons. The first kappa shape index (κ1) is 19.2. The van der Waals surface area contributed by atoms with Gasteiger partial charge in [0.05, 0.1) is 16.1 Å². The number of hydrogen-bond acceptors (Lipinski definition) is 5. The second-order valence-corrected chi connectivity index (χ2v) is 6.48. The van der Waals surface area contributed by atoms with Gasteiger partial charge in [0, 0.05) is 30.8 Å². The van der Waals surface area contributed by atoms with Crippen LogP contribution in [0.25, 0.3) is 0 Å². The molecule has 1 N–H and O–H groups in total. The van der Waals surface area contributed by atoms with Gasteiger partial charge >= 0.3 is 0 Å². The highest BCUT2D eigenvalue weighted by molar-refractivity contribution is 6.22. The number of benzene rings is 2. The number of rotatable bonds is 7. The molecule has 0 atom stereocenters. The smallest absolute Gasteiger partial charge is 0.269 e. The van der Waals surface area contributed by atoms with E-state index in [1.54, 1.807) is 12.1 Å². The number of hydrogen-bond donors (Lipinski definition) is 1. The van der Waals surface area contributed by atoms with E-state index >= 15 is 0 Å². The summed E-state index contributed by atoms with van der Waals surface area (Å²) in [5, 5.41) is 13.4. The van der Waals surface area contributed by atoms with Crippen LogP contribution in [-0.4, -0.2) is 34.1 Å². The van der Waals surface area contributed by atoms with E-state index in [2.05, 4.69) is 5.32 Å². The highest BCUT2D eigenvalue weighted by Gasteiger charge is 2.35. The minimum absolute atomic E-state index is 0.0236. The van der Waals surface area contributed by atoms with Gasteiger partial charge in [0.1, 0.15) is 0 Å². The van der Waals surface area contributed by atoms with Crippen molar-refractivity contribution in [2.45, 2.75) is 26.3 Å². The van der Waals surface area contributed by atoms with Crippen LogP contribution in [0.3, 0.4) is 0 Å². The number of non-ortho nitro benzene ring substituents is 1. The predicted molar refractivity (Wildman–Crippen MR) is 101 cm³/mol. The Morgan fingerprint density at radius 1 is 1.07 bits per heavy atom. The third-order valence-corrected chi connectivity index (χ3v) is 4.57. The van der Waals surface area contributed by atoms with E-state index < -0.39 is 10.8 Å². The molecule has 2 aromatic rings. The minimum Gasteiger partial charge on any atom is -0.348 e. The van der Waals surface area contributed by atoms with Crippen molar-refractivity contribution >= 4 is 23.4 Å². The fourth-order valence-electron chi connectivity index (χ4n) is 2.97. The summed E-state index contributed by atoms with van der Waals surface area (Å²) >= 11 is 0. The summed E-state index contributed by atoms with van der Waals surface area (Å²) in [5.41, 5.74) is 1.51. The molecule has 0 spiro atoms. The number of amides is 3. The molecule has 0 bridgehead atoms. The first-order valence-electron chi connectivity index (χ1n) is 8.94. The lowest BCUT2D eigenvalue weighted by Crippen LogP contribution is -2.30. The Hall–Kier alpha value is -3.55. The second-order valence-electron chi connectivity index (χ2n) is 6.48. The summed E-state index contributed by atoms with van der Waals surface area (Å²) < 4.78 is 0. The summed E-state index contributed by atoms with van der Waals surface area (Å²) in [6.45, 7) is 2.53. The Labute approximate surface area is 161 Å². The predicted octanol–water partition coefficient (Wildman–Crippen LogP) is 2.92. The maximum absolute atomic E-state index is 12.5. The summed E-state index contributed by atoms with van der Waals surface area (Å²) in [5.74, 6) is -1.10. The molecule has 0 saturated heterocycles. The highest BCUT2D eigenvalue weighted by Crippen LogP contribution is 2.24. The molecule has 8 nitrogen and oxygen atoms in total. The SMILES string of the molecule is CCCCN1C(=O)c2ccc(C(=O)NCc3ccc([N+](=O)[O-])cc3)cc2C1=O. The fraction of sp³-hybridized carbons (Fsp3) is 0.250. The average Bonchev–Trinajstić information content (AvgIpc) is 2.94. The molecule has 144 valence electrons. The van der Waals surface area contributed by atoms with Gasteiger partial charge in [0.15, 0.2) is 0 Å². The van der Waals surface area contributed by atoms with Gasteiger partial charge in [-0.15, -0.1) is 0 Å². The zero-order valence-electron chi connectivity index (χ0n) is 15.3. The maximum atomic E-state index is 12.5. The third kappa shape index (κ3) is 3.75. The molecule has 3 amide bonds. The first-order valence-corrected chi connectivity index (χ1v) is 8.94. The van der Waals surface area contributed by atoms with Crippen molar-refractivity contribution in [1.29, 1.82) is 0 Å². The van der Waals surface area contributed by atoms with Crippen LogP contribution < -0.4 is 5.32 Å². The molecule has 8 heteroatoms. The number of nitro groups is 1. The van der Waals surface area contributed by atoms with Crippen molar-refractivity contribution < 1.29 is 19.3 Å². The van der Waals surface area contributed by atoms with Gasteiger partial charge in [-0.05, 0) is 30.2 Å². The number of nitrogens with one attached hydrogen (secondary N) is 1. The van der Waals surface area contributed by atoms with E-state index in [0.29, 0.717) is 17.7 Å². The molecule has 1 heterocycles. The average molecular weight is 381 g/mol. The molecule has 0 fully saturated rings. The second kappa shape index (κ2) is 7.99. The highest BCUT2D eigenvalue weighted by atomic mass is 16.6. The van der Waals surface area contributed by atoms with Gasteiger partial charge in [-0.1, -0.05) is 25.5 Å². The monoisotopic (exact) mass is 381 g/mol. The molecule has 1 aliphatic heterocycles. The zero-order chi connectivity index (χ0) is 20.3. The molecule has 0 aliphatic carbocycles. The zero-order valence-corrected chi connectivity index (χ0v) is 15.3. The van der Waals surface area contributed by atoms with Crippen LogP contribution in [0.2, 0.25) is 0 Å². The van der Waals surface area contributed by atoms with Crippen LogP contribution in [0.5, 0.6) is 0 Å². The third-order valence-electron chi connectivity index (χ3n) is 4.57. The van der Waals surface area contributed by atoms with Crippen LogP contribution in [0.1, 0.15) is 56.4 Å². The number of unbranched alkanes of at least 4 members (excludes halogenated alkanes) is 1. The number of carbonyl (C=O) groups is 3. The number of carbonyl (C=O) groups excluding carboxylic acids is 3. The standard InChI is InChI=1S/C20H19N3O5/c1-2-3-10-22-19(25)16-9-6-14(11-17(16)20(22)26)18(24)21-12-13-4-7-15(8-5-13)23(27)28/h4-9,11H,2-3,10,12H2,1H3,(H,21,24). The maximum Gasteiger partial charge on any atom is 0.269 e. The Balaban J connectivity index is 1.69. The fourth-order valence-corrected chi connectivity index (χ4v) is 2.97. The summed E-state index contributed by atoms with van der Waals surface area (Å²) in [6, 6.07) is 10.3. The molecular weight excluding hydrogens is 362 g/mol. The number of nitrogens with zero attached hydrogens (tertiary/aromatic N) is 2. The lowest BCUT2D eigenvalue weighted by atomic mass is 10.1. The molecule has 3 rings (SSSR count). The lowest BCUT2D eigenvalue weighted by molar-refractivity contribution is -0.384. The Morgan fingerprint density at radius 2 is 1.75 bits per heavy atom. The van der Waals surface area contributed by atoms with Crippen molar-refractivity contribution in [2.75, 3.05) is 6.54 Å². The number of imide groups is 1. The van der Waals surface area contributed by atoms with Gasteiger partial charge in [-0.2, -0.15) is 0 Å². The molecule has 0 saturated carbocycles. The van der Waals surface area contributed by atoms with E-state index in [1.165, 1.54) is 35.2 Å². The molecule has 28 heavy (non-hydrogen) atoms. The Kier molecular flexibility index (Phi) is 5.49. The molecule has 0 aromatic heterocycles. The lowest BCUT2D eigenvalue weighted by Gasteiger charge is -2.12. The number of fused-ring (bicyclic) bond motifs is 1. The van der Waals surface area contributed by atoms with Gasteiger partial charge < -0.3 is 5.32 Å². The normalized spacial score (nSPS) is 12.8. The van der Waals surface area contributed by atoms with E-state index in [-0.39, 0.29) is 35.2 Å². The van der Waals surface area contributed by atoms with E-state index in [4.69, 9.17) is 0 Å². The first-order chi connectivity index (χ1) is 13.4. The molecule has 1 aliphatic rings. The minimum atomic E-state index is -0.491. The van der Waals surface area contributed by atoms with E-state index in [0.717, 1.165) is 12.8 Å². The van der Waals surface area contributed by atoms with E-state index in [9.17, 15) is 24.5 Å². The summed E-state index contributed by atoms with van der Waals surface area (Å²) in [4.78, 5) is 48.6.